The van der Waals surface area contributed by atoms with Gasteiger partial charge in [0.25, 0.3) is 0 Å². The van der Waals surface area contributed by atoms with Crippen LogP contribution in [0.15, 0.2) is 11.5 Å². The Hall–Kier alpha value is -1.01. The van der Waals surface area contributed by atoms with Crippen LogP contribution < -0.4 is 0 Å². The summed E-state index contributed by atoms with van der Waals surface area (Å²) in [5.74, 6) is -0.994. The molecular formula is C10H15NO4S. The number of aliphatic carboxylic acids is 1. The fourth-order valence-corrected chi connectivity index (χ4v) is 1.72. The number of nitrogens with zero attached hydrogens (tertiary/aromatic N) is 1. The van der Waals surface area contributed by atoms with Crippen LogP contribution in [0.1, 0.15) is 6.42 Å². The zero-order chi connectivity index (χ0) is 12.0. The van der Waals surface area contributed by atoms with Gasteiger partial charge in [0, 0.05) is 19.2 Å². The summed E-state index contributed by atoms with van der Waals surface area (Å²) in [5, 5.41) is 10.3. The highest BCUT2D eigenvalue weighted by molar-refractivity contribution is 8.01. The molecule has 1 saturated heterocycles. The summed E-state index contributed by atoms with van der Waals surface area (Å²) in [6, 6.07) is 0. The molecule has 1 N–H and O–H groups in total. The number of hydrogen-bond donors (Lipinski definition) is 1. The molecule has 0 radical (unpaired) electrons. The fourth-order valence-electron chi connectivity index (χ4n) is 1.47. The van der Waals surface area contributed by atoms with Gasteiger partial charge in [-0.3, -0.25) is 9.59 Å². The van der Waals surface area contributed by atoms with E-state index in [0.29, 0.717) is 19.7 Å². The molecule has 90 valence electrons. The summed E-state index contributed by atoms with van der Waals surface area (Å²) in [5.41, 5.74) is 0. The van der Waals surface area contributed by atoms with Gasteiger partial charge < -0.3 is 14.7 Å². The first-order chi connectivity index (χ1) is 7.63. The number of ether oxygens (including phenoxy) is 1. The van der Waals surface area contributed by atoms with Crippen molar-refractivity contribution in [3.8, 4) is 0 Å². The van der Waals surface area contributed by atoms with E-state index in [1.165, 1.54) is 17.8 Å². The van der Waals surface area contributed by atoms with Crippen LogP contribution in [0.4, 0.5) is 0 Å². The Kier molecular flexibility index (Phi) is 5.34. The molecule has 1 heterocycles. The van der Waals surface area contributed by atoms with Crippen LogP contribution >= 0.6 is 11.8 Å². The van der Waals surface area contributed by atoms with E-state index in [0.717, 1.165) is 0 Å². The molecule has 1 rings (SSSR count). The number of amides is 1. The van der Waals surface area contributed by atoms with E-state index in [1.807, 2.05) is 6.26 Å². The Bertz CT molecular complexity index is 293. The normalized spacial score (nSPS) is 21.3. The second-order valence-corrected chi connectivity index (χ2v) is 4.16. The summed E-state index contributed by atoms with van der Waals surface area (Å²) in [6.07, 6.45) is 2.91. The van der Waals surface area contributed by atoms with Crippen LogP contribution in [-0.2, 0) is 14.3 Å². The minimum absolute atomic E-state index is 0.0595. The third-order valence-electron chi connectivity index (χ3n) is 2.20. The molecule has 0 spiro atoms. The van der Waals surface area contributed by atoms with Crippen LogP contribution in [0, 0.1) is 0 Å². The van der Waals surface area contributed by atoms with Crippen molar-refractivity contribution in [1.82, 2.24) is 4.90 Å². The van der Waals surface area contributed by atoms with Crippen LogP contribution in [0.3, 0.4) is 0 Å². The second-order valence-electron chi connectivity index (χ2n) is 3.41. The zero-order valence-electron chi connectivity index (χ0n) is 9.09. The molecule has 16 heavy (non-hydrogen) atoms. The molecule has 0 aromatic heterocycles. The predicted molar refractivity (Wildman–Crippen MR) is 61.2 cm³/mol. The first-order valence-corrected chi connectivity index (χ1v) is 6.24. The lowest BCUT2D eigenvalue weighted by Gasteiger charge is -2.31. The van der Waals surface area contributed by atoms with Gasteiger partial charge >= 0.3 is 5.97 Å². The van der Waals surface area contributed by atoms with Gasteiger partial charge in [0.05, 0.1) is 19.1 Å². The van der Waals surface area contributed by atoms with Gasteiger partial charge in [-0.1, -0.05) is 0 Å². The molecule has 6 heteroatoms. The standard InChI is InChI=1S/C10H15NO4S/c1-16-5-2-9(12)11-3-4-15-8(7-11)6-10(13)14/h2,5,8H,3-4,6-7H2,1H3,(H,13,14)/b5-2+. The molecule has 0 bridgehead atoms. The molecule has 0 aliphatic carbocycles. The maximum absolute atomic E-state index is 11.6. The zero-order valence-corrected chi connectivity index (χ0v) is 9.90. The number of morpholine rings is 1. The van der Waals surface area contributed by atoms with Crippen molar-refractivity contribution < 1.29 is 19.4 Å². The Morgan fingerprint density at radius 2 is 2.38 bits per heavy atom. The third-order valence-corrected chi connectivity index (χ3v) is 2.61. The molecule has 0 saturated carbocycles. The maximum atomic E-state index is 11.6. The first kappa shape index (κ1) is 13.1. The number of thioether (sulfide) groups is 1. The van der Waals surface area contributed by atoms with E-state index in [1.54, 1.807) is 10.3 Å². The van der Waals surface area contributed by atoms with E-state index in [2.05, 4.69) is 0 Å². The molecular weight excluding hydrogens is 230 g/mol. The van der Waals surface area contributed by atoms with Gasteiger partial charge in [-0.05, 0) is 11.7 Å². The van der Waals surface area contributed by atoms with Crippen LogP contribution in [0.5, 0.6) is 0 Å². The molecule has 1 aliphatic rings. The SMILES string of the molecule is CS/C=C/C(=O)N1CCOC(CC(=O)O)C1. The quantitative estimate of drug-likeness (QED) is 0.733. The van der Waals surface area contributed by atoms with Crippen molar-refractivity contribution >= 4 is 23.6 Å². The molecule has 0 aromatic carbocycles. The van der Waals surface area contributed by atoms with Gasteiger partial charge in [0.2, 0.25) is 5.91 Å². The average Bonchev–Trinajstić information content (AvgIpc) is 2.25. The summed E-state index contributed by atoms with van der Waals surface area (Å²) >= 11 is 1.45. The van der Waals surface area contributed by atoms with Crippen LogP contribution in [0.25, 0.3) is 0 Å². The molecule has 1 atom stereocenters. The van der Waals surface area contributed by atoms with Crippen LogP contribution in [0.2, 0.25) is 0 Å². The maximum Gasteiger partial charge on any atom is 0.306 e. The van der Waals surface area contributed by atoms with E-state index in [9.17, 15) is 9.59 Å². The number of rotatable bonds is 4. The van der Waals surface area contributed by atoms with Crippen molar-refractivity contribution in [1.29, 1.82) is 0 Å². The molecule has 0 aromatic rings. The highest BCUT2D eigenvalue weighted by Gasteiger charge is 2.24. The lowest BCUT2D eigenvalue weighted by Crippen LogP contribution is -2.45. The van der Waals surface area contributed by atoms with Crippen molar-refractivity contribution in [3.63, 3.8) is 0 Å². The molecule has 1 unspecified atom stereocenters. The van der Waals surface area contributed by atoms with Crippen molar-refractivity contribution in [2.24, 2.45) is 0 Å². The molecule has 1 amide bonds. The number of carbonyl (C=O) groups excluding carboxylic acids is 1. The number of carbonyl (C=O) groups is 2. The fraction of sp³-hybridized carbons (Fsp3) is 0.600. The van der Waals surface area contributed by atoms with Crippen molar-refractivity contribution in [3.05, 3.63) is 11.5 Å². The first-order valence-electron chi connectivity index (χ1n) is 4.95. The van der Waals surface area contributed by atoms with Crippen LogP contribution in [-0.4, -0.2) is 53.9 Å². The number of carboxylic acid groups (broad SMARTS) is 1. The van der Waals surface area contributed by atoms with Gasteiger partial charge in [0.15, 0.2) is 0 Å². The highest BCUT2D eigenvalue weighted by Crippen LogP contribution is 2.09. The summed E-state index contributed by atoms with van der Waals surface area (Å²) in [4.78, 5) is 23.7. The Morgan fingerprint density at radius 1 is 1.62 bits per heavy atom. The summed E-state index contributed by atoms with van der Waals surface area (Å²) in [6.45, 7) is 1.27. The largest absolute Gasteiger partial charge is 0.481 e. The van der Waals surface area contributed by atoms with Crippen molar-refractivity contribution in [2.75, 3.05) is 26.0 Å². The Labute approximate surface area is 98.4 Å². The van der Waals surface area contributed by atoms with E-state index < -0.39 is 12.1 Å². The van der Waals surface area contributed by atoms with Gasteiger partial charge in [-0.15, -0.1) is 11.8 Å². The van der Waals surface area contributed by atoms with Gasteiger partial charge in [-0.25, -0.2) is 0 Å². The molecule has 1 aliphatic heterocycles. The average molecular weight is 245 g/mol. The minimum atomic E-state index is -0.904. The Balaban J connectivity index is 2.46. The summed E-state index contributed by atoms with van der Waals surface area (Å²) < 4.78 is 5.27. The third kappa shape index (κ3) is 4.24. The van der Waals surface area contributed by atoms with E-state index in [-0.39, 0.29) is 12.3 Å². The van der Waals surface area contributed by atoms with E-state index >= 15 is 0 Å². The number of carboxylic acids is 1. The smallest absolute Gasteiger partial charge is 0.306 e. The minimum Gasteiger partial charge on any atom is -0.481 e. The number of hydrogen-bond acceptors (Lipinski definition) is 4. The Morgan fingerprint density at radius 3 is 3.00 bits per heavy atom. The topological polar surface area (TPSA) is 66.8 Å². The molecule has 5 nitrogen and oxygen atoms in total. The van der Waals surface area contributed by atoms with E-state index in [4.69, 9.17) is 9.84 Å². The lowest BCUT2D eigenvalue weighted by atomic mass is 10.2. The highest BCUT2D eigenvalue weighted by atomic mass is 32.2. The second kappa shape index (κ2) is 6.55. The predicted octanol–water partition coefficient (Wildman–Crippen LogP) is 0.565. The summed E-state index contributed by atoms with van der Waals surface area (Å²) in [7, 11) is 0. The van der Waals surface area contributed by atoms with Gasteiger partial charge in [-0.2, -0.15) is 0 Å². The van der Waals surface area contributed by atoms with Gasteiger partial charge in [0.1, 0.15) is 0 Å². The van der Waals surface area contributed by atoms with Crippen molar-refractivity contribution in [2.45, 2.75) is 12.5 Å². The molecule has 1 fully saturated rings. The monoisotopic (exact) mass is 245 g/mol. The lowest BCUT2D eigenvalue weighted by molar-refractivity contribution is -0.145.